The van der Waals surface area contributed by atoms with Crippen LogP contribution in [0.4, 0.5) is 30.5 Å². The van der Waals surface area contributed by atoms with Gasteiger partial charge in [-0.3, -0.25) is 19.4 Å². The monoisotopic (exact) mass is 508 g/mol. The smallest absolute Gasteiger partial charge is 0.382 e. The zero-order chi connectivity index (χ0) is 26.7. The molecule has 1 fully saturated rings. The maximum atomic E-state index is 13.8. The lowest BCUT2D eigenvalue weighted by molar-refractivity contribution is -0.137. The lowest BCUT2D eigenvalue weighted by Crippen LogP contribution is -2.48. The summed E-state index contributed by atoms with van der Waals surface area (Å²) in [7, 11) is 0. The number of nitrogens with zero attached hydrogens (tertiary/aromatic N) is 5. The molecule has 3 aromatic rings. The number of carbonyl (C=O) groups excluding carboxylic acids is 2. The number of anilines is 3. The fourth-order valence-corrected chi connectivity index (χ4v) is 4.03. The molecule has 2 amide bonds. The number of rotatable bonds is 4. The average molecular weight is 509 g/mol. The summed E-state index contributed by atoms with van der Waals surface area (Å²) in [5.74, 6) is 4.79. The molecule has 1 saturated heterocycles. The van der Waals surface area contributed by atoms with Crippen molar-refractivity contribution < 1.29 is 22.8 Å². The lowest BCUT2D eigenvalue weighted by Gasteiger charge is -2.29. The van der Waals surface area contributed by atoms with E-state index in [9.17, 15) is 22.8 Å². The van der Waals surface area contributed by atoms with Gasteiger partial charge in [-0.25, -0.2) is 4.98 Å². The van der Waals surface area contributed by atoms with E-state index in [0.717, 1.165) is 22.6 Å². The number of aryl methyl sites for hydroxylation is 2. The molecule has 1 aromatic carbocycles. The Balaban J connectivity index is 1.69. The summed E-state index contributed by atoms with van der Waals surface area (Å²) < 4.78 is 40.3. The van der Waals surface area contributed by atoms with Crippen LogP contribution in [0.2, 0.25) is 0 Å². The molecule has 0 saturated carbocycles. The Bertz CT molecular complexity index is 1400. The summed E-state index contributed by atoms with van der Waals surface area (Å²) in [5.41, 5.74) is 6.47. The van der Waals surface area contributed by atoms with Crippen molar-refractivity contribution >= 4 is 29.1 Å². The van der Waals surface area contributed by atoms with Crippen LogP contribution in [0.15, 0.2) is 48.5 Å². The second-order valence-electron chi connectivity index (χ2n) is 8.58. The maximum absolute atomic E-state index is 13.8. The van der Waals surface area contributed by atoms with Crippen molar-refractivity contribution in [2.24, 2.45) is 0 Å². The second kappa shape index (κ2) is 10.3. The van der Waals surface area contributed by atoms with E-state index in [1.54, 1.807) is 30.3 Å². The van der Waals surface area contributed by atoms with Crippen molar-refractivity contribution in [1.82, 2.24) is 15.2 Å². The molecule has 0 unspecified atom stereocenters. The highest BCUT2D eigenvalue weighted by molar-refractivity contribution is 6.08. The van der Waals surface area contributed by atoms with Crippen LogP contribution in [0.5, 0.6) is 0 Å². The molecule has 2 N–H and O–H groups in total. The zero-order valence-electron chi connectivity index (χ0n) is 20.1. The van der Waals surface area contributed by atoms with E-state index in [2.05, 4.69) is 27.0 Å². The van der Waals surface area contributed by atoms with E-state index in [-0.39, 0.29) is 36.7 Å². The van der Waals surface area contributed by atoms with E-state index >= 15 is 0 Å². The minimum Gasteiger partial charge on any atom is -0.382 e. The highest BCUT2D eigenvalue weighted by Gasteiger charge is 2.41. The third kappa shape index (κ3) is 5.86. The first kappa shape index (κ1) is 25.6. The largest absolute Gasteiger partial charge is 0.416 e. The SMILES string of the molecule is Cc1cccc(N(CC#Cc2ccc(N)nn2)C(=O)[C@@H]2CCC(=O)N2c2cc(C(F)(F)F)cc(C)n2)c1. The second-order valence-corrected chi connectivity index (χ2v) is 8.58. The molecule has 0 bridgehead atoms. The molecule has 2 aromatic heterocycles. The van der Waals surface area contributed by atoms with Gasteiger partial charge in [0.2, 0.25) is 5.91 Å². The molecule has 3 heterocycles. The maximum Gasteiger partial charge on any atom is 0.416 e. The van der Waals surface area contributed by atoms with Gasteiger partial charge < -0.3 is 5.73 Å². The van der Waals surface area contributed by atoms with Gasteiger partial charge in [-0.05, 0) is 68.2 Å². The molecular weight excluding hydrogens is 485 g/mol. The molecule has 8 nitrogen and oxygen atoms in total. The number of alkyl halides is 3. The number of nitrogen functional groups attached to an aromatic ring is 1. The van der Waals surface area contributed by atoms with Crippen LogP contribution in [0.3, 0.4) is 0 Å². The average Bonchev–Trinajstić information content (AvgIpc) is 3.23. The van der Waals surface area contributed by atoms with Crippen LogP contribution < -0.4 is 15.5 Å². The van der Waals surface area contributed by atoms with Crippen molar-refractivity contribution in [3.8, 4) is 11.8 Å². The number of aromatic nitrogens is 3. The normalized spacial score (nSPS) is 15.3. The molecule has 37 heavy (non-hydrogen) atoms. The molecule has 0 spiro atoms. The minimum atomic E-state index is -4.63. The Morgan fingerprint density at radius 1 is 1.16 bits per heavy atom. The topological polar surface area (TPSA) is 105 Å². The Hall–Kier alpha value is -4.46. The summed E-state index contributed by atoms with van der Waals surface area (Å²) in [6, 6.07) is 10.9. The number of pyridine rings is 1. The molecule has 11 heteroatoms. The van der Waals surface area contributed by atoms with Crippen molar-refractivity contribution in [3.05, 3.63) is 71.0 Å². The predicted octanol–water partition coefficient (Wildman–Crippen LogP) is 3.67. The summed E-state index contributed by atoms with van der Waals surface area (Å²) in [4.78, 5) is 33.2. The molecule has 0 radical (unpaired) electrons. The van der Waals surface area contributed by atoms with Gasteiger partial charge in [-0.2, -0.15) is 13.2 Å². The highest BCUT2D eigenvalue weighted by Crippen LogP contribution is 2.34. The number of hydrogen-bond donors (Lipinski definition) is 1. The number of benzene rings is 1. The fraction of sp³-hybridized carbons (Fsp3) is 0.269. The first-order valence-electron chi connectivity index (χ1n) is 11.4. The fourth-order valence-electron chi connectivity index (χ4n) is 4.03. The van der Waals surface area contributed by atoms with Crippen molar-refractivity contribution in [2.75, 3.05) is 22.1 Å². The van der Waals surface area contributed by atoms with Gasteiger partial charge in [0.05, 0.1) is 12.1 Å². The van der Waals surface area contributed by atoms with Crippen molar-refractivity contribution in [1.29, 1.82) is 0 Å². The lowest BCUT2D eigenvalue weighted by atomic mass is 10.1. The van der Waals surface area contributed by atoms with Gasteiger partial charge in [-0.15, -0.1) is 10.2 Å². The van der Waals surface area contributed by atoms with E-state index < -0.39 is 29.6 Å². The summed E-state index contributed by atoms with van der Waals surface area (Å²) >= 11 is 0. The Kier molecular flexibility index (Phi) is 7.11. The van der Waals surface area contributed by atoms with Gasteiger partial charge in [0.15, 0.2) is 0 Å². The number of amides is 2. The van der Waals surface area contributed by atoms with E-state index in [1.807, 2.05) is 13.0 Å². The predicted molar refractivity (Wildman–Crippen MR) is 131 cm³/mol. The molecule has 1 atom stereocenters. The Morgan fingerprint density at radius 3 is 2.62 bits per heavy atom. The molecule has 1 aliphatic rings. The first-order valence-corrected chi connectivity index (χ1v) is 11.4. The summed E-state index contributed by atoms with van der Waals surface area (Å²) in [6.45, 7) is 3.22. The third-order valence-electron chi connectivity index (χ3n) is 5.73. The third-order valence-corrected chi connectivity index (χ3v) is 5.73. The van der Waals surface area contributed by atoms with Crippen LogP contribution >= 0.6 is 0 Å². The van der Waals surface area contributed by atoms with Crippen LogP contribution in [-0.2, 0) is 15.8 Å². The van der Waals surface area contributed by atoms with Gasteiger partial charge >= 0.3 is 6.18 Å². The van der Waals surface area contributed by atoms with Gasteiger partial charge in [0, 0.05) is 17.8 Å². The number of carbonyl (C=O) groups is 2. The van der Waals surface area contributed by atoms with Crippen LogP contribution in [-0.4, -0.2) is 39.6 Å². The van der Waals surface area contributed by atoms with E-state index in [4.69, 9.17) is 5.73 Å². The quantitative estimate of drug-likeness (QED) is 0.540. The molecule has 1 aliphatic heterocycles. The van der Waals surface area contributed by atoms with Crippen LogP contribution in [0, 0.1) is 25.7 Å². The molecular formula is C26H23F3N6O2. The summed E-state index contributed by atoms with van der Waals surface area (Å²) in [6.07, 6.45) is -4.49. The van der Waals surface area contributed by atoms with Gasteiger partial charge in [0.25, 0.3) is 5.91 Å². The van der Waals surface area contributed by atoms with E-state index in [0.29, 0.717) is 11.4 Å². The van der Waals surface area contributed by atoms with E-state index in [1.165, 1.54) is 11.8 Å². The molecule has 0 aliphatic carbocycles. The highest BCUT2D eigenvalue weighted by atomic mass is 19.4. The van der Waals surface area contributed by atoms with Gasteiger partial charge in [-0.1, -0.05) is 18.1 Å². The molecule has 190 valence electrons. The minimum absolute atomic E-state index is 0.00173. The number of hydrogen-bond acceptors (Lipinski definition) is 6. The standard InChI is InChI=1S/C26H23F3N6O2/c1-16-5-3-7-20(13-16)34(12-4-6-19-8-10-22(30)33-32-19)25(37)21-9-11-24(36)35(21)23-15-18(26(27,28)29)14-17(2)31-23/h3,5,7-8,10,13-15,21H,9,11-12H2,1-2H3,(H2,30,33)/t21-/m0/s1. The number of halogens is 3. The van der Waals surface area contributed by atoms with Crippen molar-refractivity contribution in [3.63, 3.8) is 0 Å². The van der Waals surface area contributed by atoms with Gasteiger partial charge in [0.1, 0.15) is 23.4 Å². The molecule has 4 rings (SSSR count). The van der Waals surface area contributed by atoms with Crippen LogP contribution in [0.25, 0.3) is 0 Å². The zero-order valence-corrected chi connectivity index (χ0v) is 20.1. The summed E-state index contributed by atoms with van der Waals surface area (Å²) in [5, 5.41) is 7.62. The first-order chi connectivity index (χ1) is 17.5. The Labute approximate surface area is 211 Å². The van der Waals surface area contributed by atoms with Crippen molar-refractivity contribution in [2.45, 2.75) is 38.9 Å². The van der Waals surface area contributed by atoms with Crippen LogP contribution in [0.1, 0.15) is 35.4 Å². The Morgan fingerprint density at radius 2 is 1.95 bits per heavy atom. The number of nitrogens with two attached hydrogens (primary N) is 1.